The maximum absolute atomic E-state index is 11.1. The Labute approximate surface area is 114 Å². The fourth-order valence-electron chi connectivity index (χ4n) is 2.94. The van der Waals surface area contributed by atoms with E-state index in [1.807, 2.05) is 52.8 Å². The van der Waals surface area contributed by atoms with Gasteiger partial charge in [-0.05, 0) is 51.8 Å². The molecule has 3 heteroatoms. The quantitative estimate of drug-likeness (QED) is 0.839. The van der Waals surface area contributed by atoms with Crippen LogP contribution in [0.4, 0.5) is 0 Å². The monoisotopic (exact) mass is 268 g/mol. The highest BCUT2D eigenvalue weighted by Crippen LogP contribution is 2.51. The maximum atomic E-state index is 11.1. The van der Waals surface area contributed by atoms with Crippen LogP contribution >= 0.6 is 11.6 Å². The lowest BCUT2D eigenvalue weighted by Crippen LogP contribution is -2.43. The van der Waals surface area contributed by atoms with Crippen LogP contribution in [0, 0.1) is 6.92 Å². The van der Waals surface area contributed by atoms with Crippen molar-refractivity contribution in [1.82, 2.24) is 0 Å². The van der Waals surface area contributed by atoms with Crippen LogP contribution in [-0.2, 0) is 10.3 Å². The predicted molar refractivity (Wildman–Crippen MR) is 73.9 cm³/mol. The van der Waals surface area contributed by atoms with Crippen molar-refractivity contribution in [2.24, 2.45) is 0 Å². The second-order valence-corrected chi connectivity index (χ2v) is 6.78. The molecular weight excluding hydrogens is 248 g/mol. The van der Waals surface area contributed by atoms with E-state index in [0.717, 1.165) is 11.1 Å². The number of aryl methyl sites for hydroxylation is 1. The Bertz CT molecular complexity index is 479. The molecule has 1 saturated heterocycles. The molecule has 1 N–H and O–H groups in total. The molecule has 0 aromatic heterocycles. The van der Waals surface area contributed by atoms with Crippen molar-refractivity contribution in [3.8, 4) is 0 Å². The molecule has 1 unspecified atom stereocenters. The molecule has 1 aromatic rings. The predicted octanol–water partition coefficient (Wildman–Crippen LogP) is 3.81. The molecule has 100 valence electrons. The van der Waals surface area contributed by atoms with E-state index in [2.05, 4.69) is 0 Å². The smallest absolute Gasteiger partial charge is 0.121 e. The van der Waals surface area contributed by atoms with Crippen LogP contribution in [0.25, 0.3) is 0 Å². The zero-order valence-corrected chi connectivity index (χ0v) is 12.4. The molecule has 1 atom stereocenters. The van der Waals surface area contributed by atoms with E-state index in [4.69, 9.17) is 16.3 Å². The molecule has 2 rings (SSSR count). The molecule has 1 fully saturated rings. The first-order chi connectivity index (χ1) is 8.07. The van der Waals surface area contributed by atoms with Gasteiger partial charge in [0.05, 0.1) is 11.2 Å². The largest absolute Gasteiger partial charge is 0.382 e. The third kappa shape index (κ3) is 2.07. The molecule has 0 amide bonds. The summed E-state index contributed by atoms with van der Waals surface area (Å²) < 4.78 is 5.98. The van der Waals surface area contributed by atoms with Gasteiger partial charge in [0.1, 0.15) is 5.60 Å². The van der Waals surface area contributed by atoms with Crippen molar-refractivity contribution in [3.05, 3.63) is 34.3 Å². The van der Waals surface area contributed by atoms with Crippen molar-refractivity contribution in [2.45, 2.75) is 57.8 Å². The minimum atomic E-state index is -1.01. The SMILES string of the molecule is Cc1ccc(C2(O)CC(C)(C)OC2(C)C)cc1Cl. The van der Waals surface area contributed by atoms with E-state index < -0.39 is 11.2 Å². The number of hydrogen-bond donors (Lipinski definition) is 1. The molecule has 18 heavy (non-hydrogen) atoms. The second kappa shape index (κ2) is 3.96. The lowest BCUT2D eigenvalue weighted by Gasteiger charge is -2.35. The number of halogens is 1. The van der Waals surface area contributed by atoms with Gasteiger partial charge >= 0.3 is 0 Å². The zero-order valence-electron chi connectivity index (χ0n) is 11.7. The summed E-state index contributed by atoms with van der Waals surface area (Å²) in [7, 11) is 0. The third-order valence-electron chi connectivity index (χ3n) is 3.86. The standard InChI is InChI=1S/C15H21ClO2/c1-10-6-7-11(8-12(10)16)15(17)9-13(2,3)18-14(15,4)5/h6-8,17H,9H2,1-5H3. The Morgan fingerprint density at radius 1 is 1.22 bits per heavy atom. The van der Waals surface area contributed by atoms with Gasteiger partial charge in [0.2, 0.25) is 0 Å². The molecule has 0 saturated carbocycles. The summed E-state index contributed by atoms with van der Waals surface area (Å²) in [5, 5.41) is 11.7. The number of benzene rings is 1. The Kier molecular flexibility index (Phi) is 3.05. The number of ether oxygens (including phenoxy) is 1. The summed E-state index contributed by atoms with van der Waals surface area (Å²) in [6.07, 6.45) is 0.562. The number of rotatable bonds is 1. The Hall–Kier alpha value is -0.570. The highest BCUT2D eigenvalue weighted by atomic mass is 35.5. The van der Waals surface area contributed by atoms with E-state index in [1.165, 1.54) is 0 Å². The average molecular weight is 269 g/mol. The van der Waals surface area contributed by atoms with Gasteiger partial charge in [0.25, 0.3) is 0 Å². The van der Waals surface area contributed by atoms with Gasteiger partial charge in [-0.2, -0.15) is 0 Å². The van der Waals surface area contributed by atoms with E-state index in [9.17, 15) is 5.11 Å². The van der Waals surface area contributed by atoms with E-state index >= 15 is 0 Å². The Balaban J connectivity index is 2.51. The van der Waals surface area contributed by atoms with Crippen LogP contribution in [0.3, 0.4) is 0 Å². The van der Waals surface area contributed by atoms with Crippen LogP contribution in [0.1, 0.15) is 45.2 Å². The van der Waals surface area contributed by atoms with Gasteiger partial charge in [-0.25, -0.2) is 0 Å². The van der Waals surface area contributed by atoms with E-state index in [-0.39, 0.29) is 5.60 Å². The van der Waals surface area contributed by atoms with Gasteiger partial charge in [-0.3, -0.25) is 0 Å². The Morgan fingerprint density at radius 2 is 1.83 bits per heavy atom. The third-order valence-corrected chi connectivity index (χ3v) is 4.27. The summed E-state index contributed by atoms with van der Waals surface area (Å²) in [5.41, 5.74) is -0.132. The minimum absolute atomic E-state index is 0.338. The molecule has 1 aliphatic heterocycles. The average Bonchev–Trinajstić information content (AvgIpc) is 2.36. The van der Waals surface area contributed by atoms with Crippen LogP contribution in [0.15, 0.2) is 18.2 Å². The molecule has 1 aromatic carbocycles. The highest BCUT2D eigenvalue weighted by Gasteiger charge is 2.57. The fraction of sp³-hybridized carbons (Fsp3) is 0.600. The van der Waals surface area contributed by atoms with Crippen molar-refractivity contribution >= 4 is 11.6 Å². The summed E-state index contributed by atoms with van der Waals surface area (Å²) >= 11 is 6.17. The van der Waals surface area contributed by atoms with Crippen molar-refractivity contribution in [3.63, 3.8) is 0 Å². The first-order valence-electron chi connectivity index (χ1n) is 6.27. The van der Waals surface area contributed by atoms with Crippen LogP contribution in [0.2, 0.25) is 5.02 Å². The minimum Gasteiger partial charge on any atom is -0.382 e. The first kappa shape index (κ1) is 13.9. The topological polar surface area (TPSA) is 29.5 Å². The molecular formula is C15H21ClO2. The van der Waals surface area contributed by atoms with Crippen molar-refractivity contribution < 1.29 is 9.84 Å². The van der Waals surface area contributed by atoms with Crippen LogP contribution in [0.5, 0.6) is 0 Å². The first-order valence-corrected chi connectivity index (χ1v) is 6.64. The molecule has 0 aliphatic carbocycles. The summed E-state index contributed by atoms with van der Waals surface area (Å²) in [5.74, 6) is 0. The summed E-state index contributed by atoms with van der Waals surface area (Å²) in [6.45, 7) is 9.81. The summed E-state index contributed by atoms with van der Waals surface area (Å²) in [4.78, 5) is 0. The van der Waals surface area contributed by atoms with Crippen molar-refractivity contribution in [1.29, 1.82) is 0 Å². The molecule has 0 radical (unpaired) electrons. The maximum Gasteiger partial charge on any atom is 0.121 e. The summed E-state index contributed by atoms with van der Waals surface area (Å²) in [6, 6.07) is 5.73. The molecule has 2 nitrogen and oxygen atoms in total. The zero-order chi connectivity index (χ0) is 13.8. The van der Waals surface area contributed by atoms with Gasteiger partial charge in [-0.1, -0.05) is 23.7 Å². The van der Waals surface area contributed by atoms with Gasteiger partial charge in [-0.15, -0.1) is 0 Å². The lowest BCUT2D eigenvalue weighted by molar-refractivity contribution is -0.129. The lowest BCUT2D eigenvalue weighted by atomic mass is 9.77. The highest BCUT2D eigenvalue weighted by molar-refractivity contribution is 6.31. The molecule has 0 bridgehead atoms. The fourth-order valence-corrected chi connectivity index (χ4v) is 3.12. The van der Waals surface area contributed by atoms with Crippen LogP contribution in [-0.4, -0.2) is 16.3 Å². The van der Waals surface area contributed by atoms with Crippen LogP contribution < -0.4 is 0 Å². The van der Waals surface area contributed by atoms with E-state index in [0.29, 0.717) is 11.4 Å². The second-order valence-electron chi connectivity index (χ2n) is 6.37. The molecule has 1 heterocycles. The molecule has 0 spiro atoms. The van der Waals surface area contributed by atoms with Crippen molar-refractivity contribution in [2.75, 3.05) is 0 Å². The number of aliphatic hydroxyl groups is 1. The van der Waals surface area contributed by atoms with Gasteiger partial charge in [0.15, 0.2) is 0 Å². The van der Waals surface area contributed by atoms with Gasteiger partial charge < -0.3 is 9.84 Å². The Morgan fingerprint density at radius 3 is 2.28 bits per heavy atom. The number of hydrogen-bond acceptors (Lipinski definition) is 2. The normalized spacial score (nSPS) is 29.5. The molecule has 1 aliphatic rings. The van der Waals surface area contributed by atoms with Gasteiger partial charge in [0, 0.05) is 11.4 Å². The van der Waals surface area contributed by atoms with E-state index in [1.54, 1.807) is 0 Å².